The zero-order valence-corrected chi connectivity index (χ0v) is 17.4. The molecule has 0 radical (unpaired) electrons. The average Bonchev–Trinajstić information content (AvgIpc) is 3.39. The van der Waals surface area contributed by atoms with Gasteiger partial charge in [-0.3, -0.25) is 9.36 Å². The third kappa shape index (κ3) is 4.93. The van der Waals surface area contributed by atoms with Crippen molar-refractivity contribution in [3.63, 3.8) is 0 Å². The monoisotopic (exact) mass is 416 g/mol. The summed E-state index contributed by atoms with van der Waals surface area (Å²) in [6.07, 6.45) is 7.65. The third-order valence-corrected chi connectivity index (χ3v) is 6.66. The lowest BCUT2D eigenvalue weighted by Gasteiger charge is -2.34. The van der Waals surface area contributed by atoms with Crippen LogP contribution in [-0.4, -0.2) is 45.2 Å². The molecule has 4 rings (SSSR count). The standard InChI is InChI=1S/C21H28N4O3S/c26-19(25(16-8-3-1-4-9-16)17-10-5-2-6-11-17)15-29-21-23-22-20(27)24(21)14-18-12-7-13-28-18/h1,3-4,8-9,17-18H,2,5-7,10-15H2,(H,22,27)/t18-/m1/s1. The molecule has 8 heteroatoms. The summed E-state index contributed by atoms with van der Waals surface area (Å²) in [6.45, 7) is 1.22. The number of carbonyl (C=O) groups is 1. The number of benzene rings is 1. The number of nitrogens with zero attached hydrogens (tertiary/aromatic N) is 3. The molecule has 156 valence electrons. The fraction of sp³-hybridized carbons (Fsp3) is 0.571. The van der Waals surface area contributed by atoms with Crippen molar-refractivity contribution in [2.24, 2.45) is 0 Å². The van der Waals surface area contributed by atoms with E-state index in [1.807, 2.05) is 35.2 Å². The fourth-order valence-corrected chi connectivity index (χ4v) is 5.06. The minimum absolute atomic E-state index is 0.0448. The molecule has 1 aliphatic heterocycles. The van der Waals surface area contributed by atoms with Gasteiger partial charge in [0, 0.05) is 18.3 Å². The molecule has 7 nitrogen and oxygen atoms in total. The second-order valence-electron chi connectivity index (χ2n) is 7.74. The molecule has 29 heavy (non-hydrogen) atoms. The first-order valence-corrected chi connectivity index (χ1v) is 11.5. The number of para-hydroxylation sites is 1. The van der Waals surface area contributed by atoms with Gasteiger partial charge >= 0.3 is 5.69 Å². The zero-order chi connectivity index (χ0) is 20.1. The summed E-state index contributed by atoms with van der Waals surface area (Å²) in [7, 11) is 0. The summed E-state index contributed by atoms with van der Waals surface area (Å²) in [5.74, 6) is 0.313. The van der Waals surface area contributed by atoms with Crippen molar-refractivity contribution in [3.05, 3.63) is 40.8 Å². The molecular formula is C21H28N4O3S. The predicted molar refractivity (Wildman–Crippen MR) is 113 cm³/mol. The quantitative estimate of drug-likeness (QED) is 0.701. The Labute approximate surface area is 174 Å². The molecule has 1 aromatic carbocycles. The smallest absolute Gasteiger partial charge is 0.344 e. The van der Waals surface area contributed by atoms with Gasteiger partial charge in [-0.2, -0.15) is 0 Å². The molecule has 2 fully saturated rings. The SMILES string of the molecule is O=C(CSc1n[nH]c(=O)n1C[C@H]1CCCO1)N(c1ccccc1)C1CCCCC1. The van der Waals surface area contributed by atoms with Gasteiger partial charge in [0.15, 0.2) is 5.16 Å². The minimum Gasteiger partial charge on any atom is -0.376 e. The fourth-order valence-electron chi connectivity index (χ4n) is 4.25. The van der Waals surface area contributed by atoms with Crippen molar-refractivity contribution < 1.29 is 9.53 Å². The number of aromatic nitrogens is 3. The Balaban J connectivity index is 1.46. The van der Waals surface area contributed by atoms with Gasteiger partial charge in [0.05, 0.1) is 18.4 Å². The molecular weight excluding hydrogens is 388 g/mol. The molecule has 0 spiro atoms. The summed E-state index contributed by atoms with van der Waals surface area (Å²) in [5, 5.41) is 7.20. The number of H-pyrrole nitrogens is 1. The molecule has 1 saturated heterocycles. The van der Waals surface area contributed by atoms with Crippen LogP contribution in [0.15, 0.2) is 40.3 Å². The highest BCUT2D eigenvalue weighted by atomic mass is 32.2. The largest absolute Gasteiger partial charge is 0.376 e. The van der Waals surface area contributed by atoms with Gasteiger partial charge in [-0.15, -0.1) is 5.10 Å². The van der Waals surface area contributed by atoms with Gasteiger partial charge in [0.1, 0.15) is 0 Å². The van der Waals surface area contributed by atoms with Crippen LogP contribution >= 0.6 is 11.8 Å². The Morgan fingerprint density at radius 1 is 1.17 bits per heavy atom. The van der Waals surface area contributed by atoms with E-state index in [9.17, 15) is 9.59 Å². The third-order valence-electron chi connectivity index (χ3n) is 5.70. The molecule has 1 aliphatic carbocycles. The van der Waals surface area contributed by atoms with Crippen molar-refractivity contribution in [2.45, 2.75) is 68.8 Å². The number of amides is 1. The molecule has 1 aromatic heterocycles. The van der Waals surface area contributed by atoms with E-state index in [0.717, 1.165) is 50.8 Å². The van der Waals surface area contributed by atoms with Crippen LogP contribution in [0, 0.1) is 0 Å². The van der Waals surface area contributed by atoms with Gasteiger partial charge < -0.3 is 9.64 Å². The van der Waals surface area contributed by atoms with Crippen LogP contribution in [-0.2, 0) is 16.1 Å². The van der Waals surface area contributed by atoms with Crippen molar-refractivity contribution in [2.75, 3.05) is 17.3 Å². The van der Waals surface area contributed by atoms with Crippen LogP contribution in [0.2, 0.25) is 0 Å². The Hall–Kier alpha value is -2.06. The number of hydrogen-bond donors (Lipinski definition) is 1. The van der Waals surface area contributed by atoms with Gasteiger partial charge in [0.2, 0.25) is 5.91 Å². The lowest BCUT2D eigenvalue weighted by Crippen LogP contribution is -2.42. The number of nitrogens with one attached hydrogen (secondary N) is 1. The van der Waals surface area contributed by atoms with Crippen molar-refractivity contribution >= 4 is 23.4 Å². The molecule has 1 N–H and O–H groups in total. The molecule has 0 bridgehead atoms. The number of anilines is 1. The topological polar surface area (TPSA) is 80.2 Å². The number of thioether (sulfide) groups is 1. The van der Waals surface area contributed by atoms with E-state index in [1.165, 1.54) is 18.2 Å². The molecule has 2 aliphatic rings. The first kappa shape index (κ1) is 20.2. The van der Waals surface area contributed by atoms with Gasteiger partial charge in [-0.25, -0.2) is 9.89 Å². The maximum atomic E-state index is 13.2. The Morgan fingerprint density at radius 3 is 2.69 bits per heavy atom. The number of carbonyl (C=O) groups excluding carboxylic acids is 1. The van der Waals surface area contributed by atoms with Crippen LogP contribution in [0.5, 0.6) is 0 Å². The summed E-state index contributed by atoms with van der Waals surface area (Å²) in [6, 6.07) is 10.2. The normalized spacial score (nSPS) is 20.1. The minimum atomic E-state index is -0.248. The summed E-state index contributed by atoms with van der Waals surface area (Å²) >= 11 is 1.32. The highest BCUT2D eigenvalue weighted by Gasteiger charge is 2.27. The van der Waals surface area contributed by atoms with Gasteiger partial charge in [-0.05, 0) is 37.8 Å². The van der Waals surface area contributed by atoms with E-state index in [4.69, 9.17) is 4.74 Å². The maximum absolute atomic E-state index is 13.2. The second kappa shape index (κ2) is 9.63. The first-order valence-electron chi connectivity index (χ1n) is 10.5. The Morgan fingerprint density at radius 2 is 1.97 bits per heavy atom. The number of hydrogen-bond acceptors (Lipinski definition) is 5. The van der Waals surface area contributed by atoms with Gasteiger partial charge in [0.25, 0.3) is 0 Å². The van der Waals surface area contributed by atoms with E-state index in [1.54, 1.807) is 4.57 Å². The molecule has 2 heterocycles. The highest BCUT2D eigenvalue weighted by molar-refractivity contribution is 7.99. The zero-order valence-electron chi connectivity index (χ0n) is 16.6. The predicted octanol–water partition coefficient (Wildman–Crippen LogP) is 3.21. The first-order chi connectivity index (χ1) is 14.2. The van der Waals surface area contributed by atoms with Crippen LogP contribution in [0.4, 0.5) is 5.69 Å². The van der Waals surface area contributed by atoms with E-state index < -0.39 is 0 Å². The Bertz CT molecular complexity index is 854. The van der Waals surface area contributed by atoms with E-state index >= 15 is 0 Å². The maximum Gasteiger partial charge on any atom is 0.344 e. The number of ether oxygens (including phenoxy) is 1. The molecule has 1 saturated carbocycles. The lowest BCUT2D eigenvalue weighted by molar-refractivity contribution is -0.116. The van der Waals surface area contributed by atoms with Crippen LogP contribution in [0.3, 0.4) is 0 Å². The van der Waals surface area contributed by atoms with Crippen molar-refractivity contribution in [1.82, 2.24) is 14.8 Å². The van der Waals surface area contributed by atoms with Gasteiger partial charge in [-0.1, -0.05) is 49.2 Å². The molecule has 0 unspecified atom stereocenters. The van der Waals surface area contributed by atoms with Crippen LogP contribution in [0.25, 0.3) is 0 Å². The number of rotatable bonds is 7. The average molecular weight is 417 g/mol. The highest BCUT2D eigenvalue weighted by Crippen LogP contribution is 2.29. The Kier molecular flexibility index (Phi) is 6.71. The lowest BCUT2D eigenvalue weighted by atomic mass is 9.93. The second-order valence-corrected chi connectivity index (χ2v) is 8.68. The summed E-state index contributed by atoms with van der Waals surface area (Å²) < 4.78 is 7.25. The van der Waals surface area contributed by atoms with E-state index in [2.05, 4.69) is 10.2 Å². The van der Waals surface area contributed by atoms with Crippen molar-refractivity contribution in [1.29, 1.82) is 0 Å². The molecule has 1 amide bonds. The number of aromatic amines is 1. The molecule has 2 aromatic rings. The van der Waals surface area contributed by atoms with E-state index in [0.29, 0.717) is 11.7 Å². The molecule has 1 atom stereocenters. The summed E-state index contributed by atoms with van der Waals surface area (Å²) in [4.78, 5) is 27.3. The summed E-state index contributed by atoms with van der Waals surface area (Å²) in [5.41, 5.74) is 0.700. The van der Waals surface area contributed by atoms with Crippen LogP contribution in [0.1, 0.15) is 44.9 Å². The van der Waals surface area contributed by atoms with Crippen molar-refractivity contribution in [3.8, 4) is 0 Å². The van der Waals surface area contributed by atoms with Crippen LogP contribution < -0.4 is 10.6 Å². The van der Waals surface area contributed by atoms with E-state index in [-0.39, 0.29) is 29.5 Å².